The maximum atomic E-state index is 12.4. The Hall–Kier alpha value is -3.44. The number of hydrogen-bond donors (Lipinski definition) is 3. The van der Waals surface area contributed by atoms with E-state index in [-0.39, 0.29) is 15.8 Å². The molecule has 0 fully saturated rings. The van der Waals surface area contributed by atoms with Crippen LogP contribution in [0, 0.1) is 6.92 Å². The Balaban J connectivity index is 1.59. The summed E-state index contributed by atoms with van der Waals surface area (Å²) in [6.07, 6.45) is 0.862. The number of aromatic nitrogens is 1. The fraction of sp³-hybridized carbons (Fsp3) is 0.190. The third-order valence-corrected chi connectivity index (χ3v) is 5.66. The summed E-state index contributed by atoms with van der Waals surface area (Å²) in [6, 6.07) is 14.1. The van der Waals surface area contributed by atoms with Crippen molar-refractivity contribution in [2.24, 2.45) is 0 Å². The molecule has 0 aliphatic rings. The van der Waals surface area contributed by atoms with Crippen molar-refractivity contribution in [3.63, 3.8) is 0 Å². The highest BCUT2D eigenvalue weighted by molar-refractivity contribution is 7.92. The number of carbonyl (C=O) groups excluding carboxylic acids is 1. The van der Waals surface area contributed by atoms with Crippen molar-refractivity contribution in [2.75, 3.05) is 16.6 Å². The van der Waals surface area contributed by atoms with E-state index in [0.29, 0.717) is 29.4 Å². The van der Waals surface area contributed by atoms with Crippen LogP contribution in [0.1, 0.15) is 29.5 Å². The van der Waals surface area contributed by atoms with Crippen LogP contribution in [0.5, 0.6) is 5.75 Å². The lowest BCUT2D eigenvalue weighted by atomic mass is 10.2. The lowest BCUT2D eigenvalue weighted by molar-refractivity contribution is 0.0977. The van der Waals surface area contributed by atoms with Crippen LogP contribution in [0.3, 0.4) is 0 Å². The summed E-state index contributed by atoms with van der Waals surface area (Å²) in [5.74, 6) is 0.788. The lowest BCUT2D eigenvalue weighted by Gasteiger charge is -2.11. The zero-order valence-electron chi connectivity index (χ0n) is 17.4. The van der Waals surface area contributed by atoms with Gasteiger partial charge in [-0.3, -0.25) is 14.8 Å². The molecule has 0 aliphatic carbocycles. The molecule has 0 bridgehead atoms. The summed E-state index contributed by atoms with van der Waals surface area (Å²) in [4.78, 5) is 12.5. The van der Waals surface area contributed by atoms with Gasteiger partial charge in [-0.1, -0.05) is 18.1 Å². The normalized spacial score (nSPS) is 10.9. The molecule has 3 rings (SSSR count). The summed E-state index contributed by atoms with van der Waals surface area (Å²) >= 11 is 5.19. The number of ether oxygens (including phenoxy) is 1. The minimum Gasteiger partial charge on any atom is -0.494 e. The number of aryl methyl sites for hydroxylation is 1. The van der Waals surface area contributed by atoms with Gasteiger partial charge in [-0.25, -0.2) is 8.42 Å². The first-order valence-corrected chi connectivity index (χ1v) is 11.6. The first-order valence-electron chi connectivity index (χ1n) is 9.68. The first-order chi connectivity index (χ1) is 15.3. The second-order valence-corrected chi connectivity index (χ2v) is 8.83. The van der Waals surface area contributed by atoms with Gasteiger partial charge in [0.25, 0.3) is 15.9 Å². The zero-order valence-corrected chi connectivity index (χ0v) is 19.0. The quantitative estimate of drug-likeness (QED) is 0.423. The largest absolute Gasteiger partial charge is 0.494 e. The molecule has 3 aromatic rings. The molecule has 0 saturated heterocycles. The molecule has 0 spiro atoms. The van der Waals surface area contributed by atoms with E-state index in [1.807, 2.05) is 6.92 Å². The third kappa shape index (κ3) is 6.28. The summed E-state index contributed by atoms with van der Waals surface area (Å²) in [7, 11) is -3.83. The van der Waals surface area contributed by atoms with Gasteiger partial charge in [0.1, 0.15) is 11.5 Å². The molecule has 0 aliphatic heterocycles. The van der Waals surface area contributed by atoms with Crippen molar-refractivity contribution < 1.29 is 22.5 Å². The average molecular weight is 475 g/mol. The number of rotatable bonds is 8. The van der Waals surface area contributed by atoms with Crippen LogP contribution in [0.15, 0.2) is 64.0 Å². The number of thiocarbonyl (C=S) groups is 1. The Labute approximate surface area is 191 Å². The molecular weight excluding hydrogens is 452 g/mol. The van der Waals surface area contributed by atoms with Crippen molar-refractivity contribution in [1.82, 2.24) is 10.5 Å². The van der Waals surface area contributed by atoms with Gasteiger partial charge in [0, 0.05) is 17.3 Å². The van der Waals surface area contributed by atoms with Gasteiger partial charge in [-0.15, -0.1) is 0 Å². The molecule has 1 amide bonds. The van der Waals surface area contributed by atoms with Crippen LogP contribution >= 0.6 is 12.2 Å². The summed E-state index contributed by atoms with van der Waals surface area (Å²) in [5, 5.41) is 9.12. The van der Waals surface area contributed by atoms with Gasteiger partial charge in [0.05, 0.1) is 11.5 Å². The second-order valence-electron chi connectivity index (χ2n) is 6.74. The molecule has 0 saturated carbocycles. The van der Waals surface area contributed by atoms with E-state index >= 15 is 0 Å². The molecule has 9 nitrogen and oxygen atoms in total. The fourth-order valence-corrected chi connectivity index (χ4v) is 3.81. The van der Waals surface area contributed by atoms with Gasteiger partial charge in [-0.05, 0) is 68.0 Å². The van der Waals surface area contributed by atoms with Crippen LogP contribution < -0.4 is 20.1 Å². The van der Waals surface area contributed by atoms with Crippen molar-refractivity contribution >= 4 is 44.8 Å². The van der Waals surface area contributed by atoms with Crippen molar-refractivity contribution in [3.05, 3.63) is 65.9 Å². The van der Waals surface area contributed by atoms with Crippen LogP contribution in [0.25, 0.3) is 0 Å². The van der Waals surface area contributed by atoms with E-state index in [4.69, 9.17) is 21.5 Å². The van der Waals surface area contributed by atoms with E-state index in [1.165, 1.54) is 30.3 Å². The van der Waals surface area contributed by atoms with Gasteiger partial charge in [-0.2, -0.15) is 0 Å². The second kappa shape index (κ2) is 10.2. The molecule has 1 aromatic heterocycles. The Bertz CT molecular complexity index is 1210. The Morgan fingerprint density at radius 2 is 1.91 bits per heavy atom. The molecule has 3 N–H and O–H groups in total. The molecule has 2 aromatic carbocycles. The smallest absolute Gasteiger partial charge is 0.263 e. The van der Waals surface area contributed by atoms with Crippen molar-refractivity contribution in [3.8, 4) is 5.75 Å². The minimum absolute atomic E-state index is 0.0301. The highest BCUT2D eigenvalue weighted by Crippen LogP contribution is 2.18. The van der Waals surface area contributed by atoms with E-state index < -0.39 is 15.9 Å². The first kappa shape index (κ1) is 23.2. The number of hydrogen-bond acceptors (Lipinski definition) is 7. The van der Waals surface area contributed by atoms with Crippen LogP contribution in [-0.4, -0.2) is 31.2 Å². The summed E-state index contributed by atoms with van der Waals surface area (Å²) < 4.78 is 37.6. The number of carbonyl (C=O) groups is 1. The molecule has 0 unspecified atom stereocenters. The maximum Gasteiger partial charge on any atom is 0.263 e. The summed E-state index contributed by atoms with van der Waals surface area (Å²) in [5.41, 5.74) is 0.907. The fourth-order valence-electron chi connectivity index (χ4n) is 2.61. The minimum atomic E-state index is -3.83. The number of anilines is 2. The zero-order chi connectivity index (χ0) is 23.1. The predicted molar refractivity (Wildman–Crippen MR) is 124 cm³/mol. The van der Waals surface area contributed by atoms with E-state index in [2.05, 4.69) is 20.5 Å². The van der Waals surface area contributed by atoms with Crippen molar-refractivity contribution in [1.29, 1.82) is 0 Å². The number of benzene rings is 2. The molecule has 11 heteroatoms. The van der Waals surface area contributed by atoms with Crippen molar-refractivity contribution in [2.45, 2.75) is 25.2 Å². The monoisotopic (exact) mass is 474 g/mol. The Morgan fingerprint density at radius 3 is 2.56 bits per heavy atom. The molecule has 168 valence electrons. The van der Waals surface area contributed by atoms with E-state index in [0.717, 1.165) is 6.42 Å². The highest BCUT2D eigenvalue weighted by atomic mass is 32.2. The van der Waals surface area contributed by atoms with Gasteiger partial charge < -0.3 is 14.6 Å². The lowest BCUT2D eigenvalue weighted by Crippen LogP contribution is -2.34. The number of amides is 1. The third-order valence-electron chi connectivity index (χ3n) is 4.09. The molecule has 32 heavy (non-hydrogen) atoms. The number of nitrogens with one attached hydrogen (secondary N) is 3. The van der Waals surface area contributed by atoms with Crippen LogP contribution in [-0.2, 0) is 10.0 Å². The molecule has 0 radical (unpaired) electrons. The van der Waals surface area contributed by atoms with Gasteiger partial charge in [0.15, 0.2) is 10.9 Å². The van der Waals surface area contributed by atoms with Crippen LogP contribution in [0.2, 0.25) is 0 Å². The maximum absolute atomic E-state index is 12.4. The Kier molecular flexibility index (Phi) is 7.44. The van der Waals surface area contributed by atoms with E-state index in [1.54, 1.807) is 31.2 Å². The summed E-state index contributed by atoms with van der Waals surface area (Å²) in [6.45, 7) is 4.21. The number of sulfonamides is 1. The molecule has 0 atom stereocenters. The van der Waals surface area contributed by atoms with E-state index in [9.17, 15) is 13.2 Å². The molecular formula is C21H22N4O5S2. The van der Waals surface area contributed by atoms with Gasteiger partial charge in [0.2, 0.25) is 0 Å². The SMILES string of the molecule is CCCOc1cccc(C(=O)NC(=S)Nc2ccc(S(=O)(=O)Nc3cc(C)on3)cc2)c1. The topological polar surface area (TPSA) is 123 Å². The predicted octanol–water partition coefficient (Wildman–Crippen LogP) is 3.70. The van der Waals surface area contributed by atoms with Crippen LogP contribution in [0.4, 0.5) is 11.5 Å². The van der Waals surface area contributed by atoms with Gasteiger partial charge >= 0.3 is 0 Å². The Morgan fingerprint density at radius 1 is 1.16 bits per heavy atom. The highest BCUT2D eigenvalue weighted by Gasteiger charge is 2.16. The average Bonchev–Trinajstić information content (AvgIpc) is 3.16. The standard InChI is InChI=1S/C21H22N4O5S2/c1-3-11-29-17-6-4-5-15(13-17)20(26)23-21(31)22-16-7-9-18(10-8-16)32(27,28)25-19-12-14(2)30-24-19/h4-10,12-13H,3,11H2,1-2H3,(H,24,25)(H2,22,23,26,31). The molecule has 1 heterocycles. The number of nitrogens with zero attached hydrogens (tertiary/aromatic N) is 1.